The maximum Gasteiger partial charge on any atom is 0.0250 e. The Morgan fingerprint density at radius 2 is 2.23 bits per heavy atom. The predicted octanol–water partition coefficient (Wildman–Crippen LogP) is 3.27. The molecule has 0 radical (unpaired) electrons. The fourth-order valence-electron chi connectivity index (χ4n) is 1.82. The number of unbranched alkanes of at least 4 members (excludes halogenated alkanes) is 3. The number of hydrogen-bond acceptors (Lipinski definition) is 1. The van der Waals surface area contributed by atoms with Crippen LogP contribution < -0.4 is 5.32 Å². The smallest absolute Gasteiger partial charge is 0.0250 e. The van der Waals surface area contributed by atoms with Gasteiger partial charge >= 0.3 is 0 Å². The Kier molecular flexibility index (Phi) is 5.92. The molecule has 1 heteroatoms. The summed E-state index contributed by atoms with van der Waals surface area (Å²) in [7, 11) is 0. The van der Waals surface area contributed by atoms with Crippen LogP contribution in [0.3, 0.4) is 0 Å². The molecule has 1 aliphatic rings. The van der Waals surface area contributed by atoms with Crippen LogP contribution in [0.4, 0.5) is 0 Å². The van der Waals surface area contributed by atoms with Crippen molar-refractivity contribution in [3.8, 4) is 0 Å². The van der Waals surface area contributed by atoms with Crippen LogP contribution in [-0.2, 0) is 0 Å². The Bertz CT molecular complexity index is 140. The van der Waals surface area contributed by atoms with Gasteiger partial charge in [-0.05, 0) is 32.2 Å². The SMILES string of the molecule is CCCCCCNC1C=CCCC1. The quantitative estimate of drug-likeness (QED) is 0.490. The molecule has 1 nitrogen and oxygen atoms in total. The van der Waals surface area contributed by atoms with Gasteiger partial charge in [-0.3, -0.25) is 0 Å². The molecule has 0 saturated carbocycles. The van der Waals surface area contributed by atoms with E-state index in [1.165, 1.54) is 51.5 Å². The zero-order chi connectivity index (χ0) is 9.36. The lowest BCUT2D eigenvalue weighted by molar-refractivity contribution is 0.503. The minimum absolute atomic E-state index is 0.676. The van der Waals surface area contributed by atoms with Gasteiger partial charge in [0.25, 0.3) is 0 Å². The largest absolute Gasteiger partial charge is 0.311 e. The first-order valence-corrected chi connectivity index (χ1v) is 5.83. The van der Waals surface area contributed by atoms with E-state index < -0.39 is 0 Å². The number of hydrogen-bond donors (Lipinski definition) is 1. The van der Waals surface area contributed by atoms with E-state index in [0.717, 1.165) is 0 Å². The second kappa shape index (κ2) is 7.14. The van der Waals surface area contributed by atoms with E-state index in [-0.39, 0.29) is 0 Å². The van der Waals surface area contributed by atoms with E-state index in [0.29, 0.717) is 6.04 Å². The van der Waals surface area contributed by atoms with E-state index in [9.17, 15) is 0 Å². The topological polar surface area (TPSA) is 12.0 Å². The van der Waals surface area contributed by atoms with Crippen molar-refractivity contribution >= 4 is 0 Å². The summed E-state index contributed by atoms with van der Waals surface area (Å²) in [6.45, 7) is 3.46. The summed E-state index contributed by atoms with van der Waals surface area (Å²) >= 11 is 0. The molecule has 0 bridgehead atoms. The van der Waals surface area contributed by atoms with Gasteiger partial charge < -0.3 is 5.32 Å². The van der Waals surface area contributed by atoms with Crippen molar-refractivity contribution in [3.05, 3.63) is 12.2 Å². The first-order valence-electron chi connectivity index (χ1n) is 5.83. The number of rotatable bonds is 6. The van der Waals surface area contributed by atoms with Crippen LogP contribution in [0.1, 0.15) is 51.9 Å². The van der Waals surface area contributed by atoms with Crippen molar-refractivity contribution in [3.63, 3.8) is 0 Å². The third kappa shape index (κ3) is 5.09. The highest BCUT2D eigenvalue weighted by atomic mass is 14.9. The van der Waals surface area contributed by atoms with Gasteiger partial charge in [-0.2, -0.15) is 0 Å². The van der Waals surface area contributed by atoms with Crippen molar-refractivity contribution < 1.29 is 0 Å². The molecule has 0 saturated heterocycles. The lowest BCUT2D eigenvalue weighted by atomic mass is 10.0. The summed E-state index contributed by atoms with van der Waals surface area (Å²) in [6.07, 6.45) is 14.1. The zero-order valence-electron chi connectivity index (χ0n) is 8.89. The van der Waals surface area contributed by atoms with Crippen LogP contribution in [0, 0.1) is 0 Å². The predicted molar refractivity (Wildman–Crippen MR) is 58.9 cm³/mol. The first kappa shape index (κ1) is 10.8. The van der Waals surface area contributed by atoms with Crippen molar-refractivity contribution in [1.29, 1.82) is 0 Å². The molecule has 1 rings (SSSR count). The van der Waals surface area contributed by atoms with Crippen molar-refractivity contribution in [2.24, 2.45) is 0 Å². The lowest BCUT2D eigenvalue weighted by Gasteiger charge is -2.17. The maximum absolute atomic E-state index is 3.59. The molecule has 76 valence electrons. The second-order valence-corrected chi connectivity index (χ2v) is 3.98. The molecule has 0 fully saturated rings. The second-order valence-electron chi connectivity index (χ2n) is 3.98. The molecule has 0 spiro atoms. The minimum atomic E-state index is 0.676. The molecule has 1 unspecified atom stereocenters. The van der Waals surface area contributed by atoms with E-state index in [2.05, 4.69) is 24.4 Å². The highest BCUT2D eigenvalue weighted by molar-refractivity contribution is 4.97. The van der Waals surface area contributed by atoms with Crippen LogP contribution in [-0.4, -0.2) is 12.6 Å². The summed E-state index contributed by atoms with van der Waals surface area (Å²) in [5, 5.41) is 3.59. The van der Waals surface area contributed by atoms with Crippen LogP contribution in [0.2, 0.25) is 0 Å². The van der Waals surface area contributed by atoms with Crippen LogP contribution >= 0.6 is 0 Å². The molecule has 0 amide bonds. The van der Waals surface area contributed by atoms with Gasteiger partial charge in [0.1, 0.15) is 0 Å². The molecule has 0 aromatic carbocycles. The lowest BCUT2D eigenvalue weighted by Crippen LogP contribution is -2.29. The average molecular weight is 181 g/mol. The molecule has 0 aromatic heterocycles. The van der Waals surface area contributed by atoms with Crippen molar-refractivity contribution in [2.45, 2.75) is 57.9 Å². The van der Waals surface area contributed by atoms with E-state index in [1.54, 1.807) is 0 Å². The summed E-state index contributed by atoms with van der Waals surface area (Å²) < 4.78 is 0. The molecular formula is C12H23N. The van der Waals surface area contributed by atoms with Crippen LogP contribution in [0.25, 0.3) is 0 Å². The fourth-order valence-corrected chi connectivity index (χ4v) is 1.82. The van der Waals surface area contributed by atoms with Gasteiger partial charge in [0, 0.05) is 6.04 Å². The Balaban J connectivity index is 1.92. The standard InChI is InChI=1S/C12H23N/c1-2-3-4-8-11-13-12-9-6-5-7-10-12/h6,9,12-13H,2-5,7-8,10-11H2,1H3. The molecule has 0 aromatic rings. The number of nitrogens with one attached hydrogen (secondary N) is 1. The van der Waals surface area contributed by atoms with Crippen molar-refractivity contribution in [2.75, 3.05) is 6.54 Å². The molecule has 1 atom stereocenters. The Morgan fingerprint density at radius 1 is 1.31 bits per heavy atom. The average Bonchev–Trinajstić information content (AvgIpc) is 2.19. The Morgan fingerprint density at radius 3 is 2.92 bits per heavy atom. The summed E-state index contributed by atoms with van der Waals surface area (Å²) in [4.78, 5) is 0. The number of allylic oxidation sites excluding steroid dienone is 1. The van der Waals surface area contributed by atoms with Gasteiger partial charge in [-0.1, -0.05) is 38.3 Å². The monoisotopic (exact) mass is 181 g/mol. The van der Waals surface area contributed by atoms with Gasteiger partial charge in [0.2, 0.25) is 0 Å². The highest BCUT2D eigenvalue weighted by Crippen LogP contribution is 2.10. The summed E-state index contributed by atoms with van der Waals surface area (Å²) in [6, 6.07) is 0.676. The third-order valence-corrected chi connectivity index (χ3v) is 2.69. The van der Waals surface area contributed by atoms with Crippen molar-refractivity contribution in [1.82, 2.24) is 5.32 Å². The first-order chi connectivity index (χ1) is 6.43. The van der Waals surface area contributed by atoms with E-state index in [1.807, 2.05) is 0 Å². The molecule has 0 aliphatic heterocycles. The zero-order valence-corrected chi connectivity index (χ0v) is 8.89. The summed E-state index contributed by atoms with van der Waals surface area (Å²) in [5.41, 5.74) is 0. The molecule has 1 N–H and O–H groups in total. The maximum atomic E-state index is 3.59. The van der Waals surface area contributed by atoms with Gasteiger partial charge in [0.05, 0.1) is 0 Å². The molecule has 1 aliphatic carbocycles. The fraction of sp³-hybridized carbons (Fsp3) is 0.833. The van der Waals surface area contributed by atoms with E-state index >= 15 is 0 Å². The molecule has 0 heterocycles. The Labute approximate surface area is 82.6 Å². The summed E-state index contributed by atoms with van der Waals surface area (Å²) in [5.74, 6) is 0. The minimum Gasteiger partial charge on any atom is -0.311 e. The molecular weight excluding hydrogens is 158 g/mol. The van der Waals surface area contributed by atoms with Crippen LogP contribution in [0.15, 0.2) is 12.2 Å². The van der Waals surface area contributed by atoms with Gasteiger partial charge in [-0.15, -0.1) is 0 Å². The highest BCUT2D eigenvalue weighted by Gasteiger charge is 2.05. The molecule has 13 heavy (non-hydrogen) atoms. The van der Waals surface area contributed by atoms with Gasteiger partial charge in [-0.25, -0.2) is 0 Å². The normalized spacial score (nSPS) is 22.1. The van der Waals surface area contributed by atoms with Gasteiger partial charge in [0.15, 0.2) is 0 Å². The van der Waals surface area contributed by atoms with E-state index in [4.69, 9.17) is 0 Å². The Hall–Kier alpha value is -0.300. The third-order valence-electron chi connectivity index (χ3n) is 2.69. The van der Waals surface area contributed by atoms with Crippen LogP contribution in [0.5, 0.6) is 0 Å².